The molecular formula is C13H25N3O2. The van der Waals surface area contributed by atoms with Gasteiger partial charge in [-0.15, -0.1) is 0 Å². The van der Waals surface area contributed by atoms with Gasteiger partial charge in [0.25, 0.3) is 0 Å². The van der Waals surface area contributed by atoms with E-state index in [0.717, 1.165) is 19.4 Å². The predicted molar refractivity (Wildman–Crippen MR) is 71.1 cm³/mol. The molecule has 5 nitrogen and oxygen atoms in total. The molecule has 0 aromatic rings. The van der Waals surface area contributed by atoms with E-state index in [4.69, 9.17) is 0 Å². The number of hydrogen-bond acceptors (Lipinski definition) is 3. The van der Waals surface area contributed by atoms with Crippen molar-refractivity contribution in [3.05, 3.63) is 0 Å². The highest BCUT2D eigenvalue weighted by Crippen LogP contribution is 2.18. The zero-order valence-corrected chi connectivity index (χ0v) is 11.7. The SMILES string of the molecule is CCNC(=O)CN(CC)C(=O)[C@H]1CCN[C@@H](C)C1. The smallest absolute Gasteiger partial charge is 0.239 e. The van der Waals surface area contributed by atoms with Gasteiger partial charge in [-0.3, -0.25) is 9.59 Å². The molecule has 0 spiro atoms. The summed E-state index contributed by atoms with van der Waals surface area (Å²) in [6.45, 7) is 8.16. The van der Waals surface area contributed by atoms with Crippen molar-refractivity contribution in [1.29, 1.82) is 0 Å². The first-order chi connectivity index (χ1) is 8.58. The number of rotatable bonds is 5. The lowest BCUT2D eigenvalue weighted by atomic mass is 9.92. The number of nitrogens with one attached hydrogen (secondary N) is 2. The van der Waals surface area contributed by atoms with Crippen LogP contribution in [-0.2, 0) is 9.59 Å². The fraction of sp³-hybridized carbons (Fsp3) is 0.846. The van der Waals surface area contributed by atoms with E-state index in [9.17, 15) is 9.59 Å². The lowest BCUT2D eigenvalue weighted by molar-refractivity contribution is -0.140. The number of hydrogen-bond donors (Lipinski definition) is 2. The molecule has 0 radical (unpaired) electrons. The fourth-order valence-electron chi connectivity index (χ4n) is 2.39. The van der Waals surface area contributed by atoms with Gasteiger partial charge in [-0.2, -0.15) is 0 Å². The summed E-state index contributed by atoms with van der Waals surface area (Å²) in [4.78, 5) is 25.5. The first-order valence-corrected chi connectivity index (χ1v) is 6.87. The van der Waals surface area contributed by atoms with Crippen molar-refractivity contribution in [2.45, 2.75) is 39.7 Å². The second-order valence-electron chi connectivity index (χ2n) is 4.88. The van der Waals surface area contributed by atoms with Gasteiger partial charge >= 0.3 is 0 Å². The Morgan fingerprint density at radius 1 is 1.39 bits per heavy atom. The van der Waals surface area contributed by atoms with Gasteiger partial charge < -0.3 is 15.5 Å². The van der Waals surface area contributed by atoms with Crippen molar-refractivity contribution >= 4 is 11.8 Å². The Morgan fingerprint density at radius 3 is 2.67 bits per heavy atom. The highest BCUT2D eigenvalue weighted by molar-refractivity contribution is 5.86. The van der Waals surface area contributed by atoms with Crippen LogP contribution in [0.2, 0.25) is 0 Å². The molecule has 104 valence electrons. The highest BCUT2D eigenvalue weighted by Gasteiger charge is 2.28. The van der Waals surface area contributed by atoms with Crippen LogP contribution in [0.15, 0.2) is 0 Å². The molecule has 1 aliphatic heterocycles. The number of likely N-dealkylation sites (N-methyl/N-ethyl adjacent to an activating group) is 2. The molecule has 0 aliphatic carbocycles. The van der Waals surface area contributed by atoms with E-state index >= 15 is 0 Å². The minimum absolute atomic E-state index is 0.0654. The number of piperidine rings is 1. The number of carbonyl (C=O) groups excluding carboxylic acids is 2. The second kappa shape index (κ2) is 7.36. The maximum Gasteiger partial charge on any atom is 0.239 e. The van der Waals surface area contributed by atoms with Crippen LogP contribution in [0.3, 0.4) is 0 Å². The van der Waals surface area contributed by atoms with E-state index in [0.29, 0.717) is 19.1 Å². The standard InChI is InChI=1S/C13H25N3O2/c1-4-14-12(17)9-16(5-2)13(18)11-6-7-15-10(3)8-11/h10-11,15H,4-9H2,1-3H3,(H,14,17)/t10-,11-/m0/s1. The topological polar surface area (TPSA) is 61.4 Å². The Balaban J connectivity index is 2.52. The van der Waals surface area contributed by atoms with Gasteiger partial charge in [0, 0.05) is 25.0 Å². The van der Waals surface area contributed by atoms with E-state index in [1.807, 2.05) is 13.8 Å². The summed E-state index contributed by atoms with van der Waals surface area (Å²) in [6.07, 6.45) is 1.74. The van der Waals surface area contributed by atoms with E-state index in [1.165, 1.54) is 0 Å². The van der Waals surface area contributed by atoms with Crippen molar-refractivity contribution in [3.8, 4) is 0 Å². The molecule has 0 unspecified atom stereocenters. The molecule has 0 saturated carbocycles. The molecule has 2 amide bonds. The third-order valence-corrected chi connectivity index (χ3v) is 3.37. The Labute approximate surface area is 109 Å². The summed E-state index contributed by atoms with van der Waals surface area (Å²) in [5, 5.41) is 6.07. The number of nitrogens with zero attached hydrogens (tertiary/aromatic N) is 1. The molecule has 0 bridgehead atoms. The van der Waals surface area contributed by atoms with Gasteiger partial charge in [0.2, 0.25) is 11.8 Å². The molecule has 5 heteroatoms. The normalized spacial score (nSPS) is 23.5. The van der Waals surface area contributed by atoms with Crippen LogP contribution in [0.1, 0.15) is 33.6 Å². The van der Waals surface area contributed by atoms with E-state index in [-0.39, 0.29) is 24.3 Å². The molecule has 2 N–H and O–H groups in total. The third-order valence-electron chi connectivity index (χ3n) is 3.37. The molecule has 1 saturated heterocycles. The molecule has 18 heavy (non-hydrogen) atoms. The maximum absolute atomic E-state index is 12.3. The average molecular weight is 255 g/mol. The predicted octanol–water partition coefficient (Wildman–Crippen LogP) is 0.359. The molecule has 0 aromatic heterocycles. The van der Waals surface area contributed by atoms with Crippen LogP contribution in [-0.4, -0.2) is 48.9 Å². The van der Waals surface area contributed by atoms with Gasteiger partial charge in [-0.1, -0.05) is 0 Å². The Hall–Kier alpha value is -1.10. The van der Waals surface area contributed by atoms with Crippen LogP contribution in [0.25, 0.3) is 0 Å². The van der Waals surface area contributed by atoms with Crippen molar-refractivity contribution in [1.82, 2.24) is 15.5 Å². The largest absolute Gasteiger partial charge is 0.355 e. The molecular weight excluding hydrogens is 230 g/mol. The van der Waals surface area contributed by atoms with Gasteiger partial charge in [0.1, 0.15) is 0 Å². The van der Waals surface area contributed by atoms with Gasteiger partial charge in [0.15, 0.2) is 0 Å². The monoisotopic (exact) mass is 255 g/mol. The van der Waals surface area contributed by atoms with Crippen molar-refractivity contribution < 1.29 is 9.59 Å². The molecule has 1 heterocycles. The number of amides is 2. The Bertz CT molecular complexity index is 294. The van der Waals surface area contributed by atoms with Crippen LogP contribution in [0, 0.1) is 5.92 Å². The zero-order valence-electron chi connectivity index (χ0n) is 11.7. The Morgan fingerprint density at radius 2 is 2.11 bits per heavy atom. The summed E-state index contributed by atoms with van der Waals surface area (Å²) in [6, 6.07) is 0.385. The van der Waals surface area contributed by atoms with Gasteiger partial charge in [0.05, 0.1) is 6.54 Å². The zero-order chi connectivity index (χ0) is 13.5. The van der Waals surface area contributed by atoms with Crippen LogP contribution < -0.4 is 10.6 Å². The first kappa shape index (κ1) is 15.0. The average Bonchev–Trinajstić information content (AvgIpc) is 2.35. The van der Waals surface area contributed by atoms with Crippen molar-refractivity contribution in [2.75, 3.05) is 26.2 Å². The summed E-state index contributed by atoms with van der Waals surface area (Å²) in [5.41, 5.74) is 0. The minimum Gasteiger partial charge on any atom is -0.355 e. The van der Waals surface area contributed by atoms with Crippen LogP contribution >= 0.6 is 0 Å². The molecule has 1 aliphatic rings. The van der Waals surface area contributed by atoms with Gasteiger partial charge in [-0.25, -0.2) is 0 Å². The lowest BCUT2D eigenvalue weighted by Gasteiger charge is -2.31. The first-order valence-electron chi connectivity index (χ1n) is 6.87. The maximum atomic E-state index is 12.3. The fourth-order valence-corrected chi connectivity index (χ4v) is 2.39. The van der Waals surface area contributed by atoms with E-state index in [2.05, 4.69) is 17.6 Å². The second-order valence-corrected chi connectivity index (χ2v) is 4.88. The van der Waals surface area contributed by atoms with Crippen LogP contribution in [0.5, 0.6) is 0 Å². The minimum atomic E-state index is -0.0744. The van der Waals surface area contributed by atoms with Gasteiger partial charge in [-0.05, 0) is 40.2 Å². The summed E-state index contributed by atoms with van der Waals surface area (Å²) in [5.74, 6) is 0.113. The lowest BCUT2D eigenvalue weighted by Crippen LogP contribution is -2.47. The van der Waals surface area contributed by atoms with E-state index < -0.39 is 0 Å². The molecule has 2 atom stereocenters. The quantitative estimate of drug-likeness (QED) is 0.745. The summed E-state index contributed by atoms with van der Waals surface area (Å²) >= 11 is 0. The van der Waals surface area contributed by atoms with Crippen molar-refractivity contribution in [2.24, 2.45) is 5.92 Å². The van der Waals surface area contributed by atoms with Crippen molar-refractivity contribution in [3.63, 3.8) is 0 Å². The summed E-state index contributed by atoms with van der Waals surface area (Å²) < 4.78 is 0. The number of carbonyl (C=O) groups is 2. The Kier molecular flexibility index (Phi) is 6.12. The van der Waals surface area contributed by atoms with E-state index in [1.54, 1.807) is 4.90 Å². The molecule has 1 rings (SSSR count). The highest BCUT2D eigenvalue weighted by atomic mass is 16.2. The molecule has 0 aromatic carbocycles. The third kappa shape index (κ3) is 4.29. The summed E-state index contributed by atoms with van der Waals surface area (Å²) in [7, 11) is 0. The molecule has 1 fully saturated rings. The van der Waals surface area contributed by atoms with Crippen LogP contribution in [0.4, 0.5) is 0 Å².